The maximum atomic E-state index is 6.35. The summed E-state index contributed by atoms with van der Waals surface area (Å²) in [5.74, 6) is 1.83. The van der Waals surface area contributed by atoms with E-state index in [1.807, 2.05) is 18.2 Å². The van der Waals surface area contributed by atoms with E-state index in [2.05, 4.69) is 68.4 Å². The molecule has 0 fully saturated rings. The number of ether oxygens (including phenoxy) is 2. The smallest absolute Gasteiger partial charge is 0.131 e. The lowest BCUT2D eigenvalue weighted by atomic mass is 9.83. The molecule has 1 unspecified atom stereocenters. The molecule has 6 rings (SSSR count). The van der Waals surface area contributed by atoms with Crippen molar-refractivity contribution in [1.82, 2.24) is 4.98 Å². The number of hydrogen-bond donors (Lipinski definition) is 0. The van der Waals surface area contributed by atoms with Crippen LogP contribution in [0.25, 0.3) is 33.5 Å². The van der Waals surface area contributed by atoms with Crippen molar-refractivity contribution in [3.8, 4) is 45.0 Å². The average Bonchev–Trinajstić information content (AvgIpc) is 2.78. The molecule has 0 saturated carbocycles. The fourth-order valence-corrected chi connectivity index (χ4v) is 4.62. The minimum absolute atomic E-state index is 0.0981. The lowest BCUT2D eigenvalue weighted by Gasteiger charge is -2.33. The van der Waals surface area contributed by atoms with Crippen LogP contribution in [0.2, 0.25) is 0 Å². The normalized spacial score (nSPS) is 15.7. The molecule has 0 amide bonds. The molecule has 2 aliphatic rings. The van der Waals surface area contributed by atoms with Gasteiger partial charge in [-0.3, -0.25) is 0 Å². The molecular weight excluding hydrogens is 370 g/mol. The van der Waals surface area contributed by atoms with Gasteiger partial charge in [0.15, 0.2) is 0 Å². The maximum absolute atomic E-state index is 6.35. The van der Waals surface area contributed by atoms with Gasteiger partial charge in [0.05, 0.1) is 11.4 Å². The van der Waals surface area contributed by atoms with Crippen molar-refractivity contribution in [3.63, 3.8) is 0 Å². The van der Waals surface area contributed by atoms with Gasteiger partial charge >= 0.3 is 0 Å². The van der Waals surface area contributed by atoms with E-state index >= 15 is 0 Å². The Balaban J connectivity index is 1.74. The van der Waals surface area contributed by atoms with Gasteiger partial charge in [0.1, 0.15) is 24.2 Å². The molecule has 3 heteroatoms. The molecule has 4 aromatic rings. The van der Waals surface area contributed by atoms with E-state index in [1.54, 1.807) is 0 Å². The van der Waals surface area contributed by atoms with Crippen LogP contribution >= 0.6 is 0 Å². The molecule has 1 atom stereocenters. The highest BCUT2D eigenvalue weighted by atomic mass is 16.5. The number of benzene rings is 3. The third-order valence-corrected chi connectivity index (χ3v) is 6.02. The summed E-state index contributed by atoms with van der Waals surface area (Å²) >= 11 is 0. The van der Waals surface area contributed by atoms with Crippen LogP contribution < -0.4 is 9.47 Å². The lowest BCUT2D eigenvalue weighted by Crippen LogP contribution is -2.18. The Hall–Kier alpha value is -3.59. The number of hydrogen-bond acceptors (Lipinski definition) is 3. The van der Waals surface area contributed by atoms with E-state index in [-0.39, 0.29) is 6.10 Å². The van der Waals surface area contributed by atoms with E-state index in [4.69, 9.17) is 14.5 Å². The summed E-state index contributed by atoms with van der Waals surface area (Å²) in [6.45, 7) is 4.69. The molecule has 0 radical (unpaired) electrons. The molecule has 0 bridgehead atoms. The number of nitrogens with zero attached hydrogens (tertiary/aromatic N) is 1. The van der Waals surface area contributed by atoms with Crippen molar-refractivity contribution in [2.24, 2.45) is 0 Å². The Kier molecular flexibility index (Phi) is 3.72. The molecule has 0 aliphatic carbocycles. The van der Waals surface area contributed by atoms with Crippen LogP contribution in [0.4, 0.5) is 0 Å². The first-order chi connectivity index (χ1) is 14.7. The predicted octanol–water partition coefficient (Wildman–Crippen LogP) is 6.74. The van der Waals surface area contributed by atoms with E-state index in [1.165, 1.54) is 16.7 Å². The molecule has 146 valence electrons. The van der Waals surface area contributed by atoms with Crippen molar-refractivity contribution < 1.29 is 9.47 Å². The van der Waals surface area contributed by atoms with Gasteiger partial charge in [-0.2, -0.15) is 0 Å². The summed E-state index contributed by atoms with van der Waals surface area (Å²) in [5, 5.41) is 0. The Bertz CT molecular complexity index is 1290. The molecule has 3 nitrogen and oxygen atoms in total. The molecule has 30 heavy (non-hydrogen) atoms. The largest absolute Gasteiger partial charge is 0.487 e. The second-order valence-corrected chi connectivity index (χ2v) is 7.98. The first kappa shape index (κ1) is 17.3. The zero-order valence-electron chi connectivity index (χ0n) is 17.0. The number of aryl methyl sites for hydroxylation is 1. The van der Waals surface area contributed by atoms with Crippen LogP contribution in [0.5, 0.6) is 11.5 Å². The van der Waals surface area contributed by atoms with E-state index in [0.29, 0.717) is 6.61 Å². The lowest BCUT2D eigenvalue weighted by molar-refractivity contribution is 0.223. The highest BCUT2D eigenvalue weighted by Gasteiger charge is 2.34. The van der Waals surface area contributed by atoms with Gasteiger partial charge in [-0.15, -0.1) is 0 Å². The Morgan fingerprint density at radius 3 is 2.23 bits per heavy atom. The zero-order chi connectivity index (χ0) is 20.2. The fraction of sp³-hybridized carbons (Fsp3) is 0.148. The minimum Gasteiger partial charge on any atom is -0.487 e. The molecule has 0 N–H and O–H groups in total. The van der Waals surface area contributed by atoms with Gasteiger partial charge in [0.25, 0.3) is 0 Å². The van der Waals surface area contributed by atoms with Crippen LogP contribution in [-0.2, 0) is 6.61 Å². The van der Waals surface area contributed by atoms with Gasteiger partial charge < -0.3 is 9.47 Å². The summed E-state index contributed by atoms with van der Waals surface area (Å²) in [4.78, 5) is 5.14. The van der Waals surface area contributed by atoms with Gasteiger partial charge in [-0.25, -0.2) is 4.98 Å². The summed E-state index contributed by atoms with van der Waals surface area (Å²) in [6, 6.07) is 25.1. The Morgan fingerprint density at radius 2 is 1.47 bits per heavy atom. The average molecular weight is 391 g/mol. The monoisotopic (exact) mass is 391 g/mol. The summed E-state index contributed by atoms with van der Waals surface area (Å²) in [6.07, 6.45) is -0.0981. The van der Waals surface area contributed by atoms with Crippen molar-refractivity contribution in [1.29, 1.82) is 0 Å². The predicted molar refractivity (Wildman–Crippen MR) is 119 cm³/mol. The molecule has 3 aromatic carbocycles. The standard InChI is InChI=1S/C27H21NO2/c1-16-11-13-18(14-12-16)27-24-17(2)30-23-10-6-4-8-20(23)26(24)25-19-7-3-5-9-22(19)29-15-21(25)28-27/h3-14,17H,15H2,1-2H3. The third kappa shape index (κ3) is 2.48. The SMILES string of the molecule is Cc1ccc(-c2nc3c(c4c2C(C)Oc2ccccc2-4)-c2ccccc2OC3)cc1. The highest BCUT2D eigenvalue weighted by Crippen LogP contribution is 2.52. The van der Waals surface area contributed by atoms with Crippen LogP contribution in [0.3, 0.4) is 0 Å². The number of rotatable bonds is 1. The fourth-order valence-electron chi connectivity index (χ4n) is 4.62. The van der Waals surface area contributed by atoms with Gasteiger partial charge in [0, 0.05) is 33.4 Å². The molecule has 3 heterocycles. The van der Waals surface area contributed by atoms with Gasteiger partial charge in [-0.1, -0.05) is 66.2 Å². The second kappa shape index (κ2) is 6.46. The molecule has 0 spiro atoms. The summed E-state index contributed by atoms with van der Waals surface area (Å²) < 4.78 is 12.4. The first-order valence-corrected chi connectivity index (χ1v) is 10.3. The van der Waals surface area contributed by atoms with E-state index in [9.17, 15) is 0 Å². The number of fused-ring (bicyclic) bond motifs is 7. The van der Waals surface area contributed by atoms with Crippen LogP contribution in [0.15, 0.2) is 72.8 Å². The number of aromatic nitrogens is 1. The zero-order valence-corrected chi connectivity index (χ0v) is 17.0. The third-order valence-electron chi connectivity index (χ3n) is 6.02. The van der Waals surface area contributed by atoms with E-state index in [0.717, 1.165) is 45.1 Å². The number of pyridine rings is 1. The Morgan fingerprint density at radius 1 is 0.800 bits per heavy atom. The van der Waals surface area contributed by atoms with Crippen molar-refractivity contribution in [2.45, 2.75) is 26.6 Å². The topological polar surface area (TPSA) is 31.4 Å². The molecule has 2 aliphatic heterocycles. The van der Waals surface area contributed by atoms with Crippen molar-refractivity contribution in [2.75, 3.05) is 0 Å². The second-order valence-electron chi connectivity index (χ2n) is 7.98. The van der Waals surface area contributed by atoms with Crippen LogP contribution in [-0.4, -0.2) is 4.98 Å². The minimum atomic E-state index is -0.0981. The molecular formula is C27H21NO2. The molecule has 1 aromatic heterocycles. The van der Waals surface area contributed by atoms with Gasteiger partial charge in [-0.05, 0) is 26.0 Å². The maximum Gasteiger partial charge on any atom is 0.131 e. The first-order valence-electron chi connectivity index (χ1n) is 10.3. The molecule has 0 saturated heterocycles. The Labute approximate surface area is 175 Å². The van der Waals surface area contributed by atoms with Gasteiger partial charge in [0.2, 0.25) is 0 Å². The number of para-hydroxylation sites is 2. The highest BCUT2D eigenvalue weighted by molar-refractivity contribution is 5.95. The summed E-state index contributed by atoms with van der Waals surface area (Å²) in [7, 11) is 0. The van der Waals surface area contributed by atoms with Crippen LogP contribution in [0.1, 0.15) is 29.8 Å². The van der Waals surface area contributed by atoms with E-state index < -0.39 is 0 Å². The van der Waals surface area contributed by atoms with Crippen molar-refractivity contribution >= 4 is 0 Å². The van der Waals surface area contributed by atoms with Crippen LogP contribution in [0, 0.1) is 6.92 Å². The van der Waals surface area contributed by atoms with Crippen molar-refractivity contribution in [3.05, 3.63) is 89.6 Å². The quantitative estimate of drug-likeness (QED) is 0.360. The summed E-state index contributed by atoms with van der Waals surface area (Å²) in [5.41, 5.74) is 10.1.